The molecule has 0 spiro atoms. The fourth-order valence-corrected chi connectivity index (χ4v) is 0.699. The van der Waals surface area contributed by atoms with Crippen molar-refractivity contribution >= 4 is 11.6 Å². The number of aliphatic hydroxyl groups excluding tert-OH is 1. The average Bonchev–Trinajstić information content (AvgIpc) is 2.66. The Bertz CT molecular complexity index is 304. The molecular weight excluding hydrogens is 172 g/mol. The molecule has 0 radical (unpaired) electrons. The second kappa shape index (κ2) is 4.36. The molecule has 0 aliphatic rings. The molecule has 1 aromatic rings. The molecule has 0 unspecified atom stereocenters. The largest absolute Gasteiger partial charge is 0.386 e. The van der Waals surface area contributed by atoms with E-state index in [-0.39, 0.29) is 0 Å². The number of nitrogens with zero attached hydrogens (tertiary/aromatic N) is 2. The summed E-state index contributed by atoms with van der Waals surface area (Å²) in [5.41, 5.74) is 3.49. The molecule has 1 amide bonds. The van der Waals surface area contributed by atoms with E-state index in [2.05, 4.69) is 20.7 Å². The number of aromatic amines is 1. The van der Waals surface area contributed by atoms with Crippen LogP contribution in [0.1, 0.15) is 12.6 Å². The molecule has 1 aromatic heterocycles. The Morgan fingerprint density at radius 3 is 3.15 bits per heavy atom. The van der Waals surface area contributed by atoms with E-state index in [1.54, 1.807) is 19.2 Å². The number of H-pyrrole nitrogens is 1. The van der Waals surface area contributed by atoms with Gasteiger partial charge in [0.25, 0.3) is 5.91 Å². The highest BCUT2D eigenvalue weighted by Gasteiger charge is 1.99. The first-order valence-electron chi connectivity index (χ1n) is 3.67. The van der Waals surface area contributed by atoms with E-state index < -0.39 is 12.5 Å². The lowest BCUT2D eigenvalue weighted by molar-refractivity contribution is -0.123. The molecule has 3 N–H and O–H groups in total. The first-order valence-corrected chi connectivity index (χ1v) is 3.67. The summed E-state index contributed by atoms with van der Waals surface area (Å²) in [5, 5.41) is 18.5. The standard InChI is InChI=1S/C7H10N4O2/c1-5(6-2-3-8-10-6)9-11-7(13)4-12/h2-3,12H,4H2,1H3,(H,8,10)(H,11,13)/b9-5+. The summed E-state index contributed by atoms with van der Waals surface area (Å²) in [6, 6.07) is 1.73. The first-order chi connectivity index (χ1) is 6.24. The van der Waals surface area contributed by atoms with Crippen LogP contribution in [-0.4, -0.2) is 33.5 Å². The summed E-state index contributed by atoms with van der Waals surface area (Å²) in [4.78, 5) is 10.6. The highest BCUT2D eigenvalue weighted by Crippen LogP contribution is 1.93. The Morgan fingerprint density at radius 1 is 1.85 bits per heavy atom. The molecule has 1 rings (SSSR count). The minimum Gasteiger partial charge on any atom is -0.386 e. The summed E-state index contributed by atoms with van der Waals surface area (Å²) >= 11 is 0. The summed E-state index contributed by atoms with van der Waals surface area (Å²) in [6.45, 7) is 1.14. The van der Waals surface area contributed by atoms with Crippen molar-refractivity contribution in [3.05, 3.63) is 18.0 Å². The third-order valence-corrected chi connectivity index (χ3v) is 1.38. The van der Waals surface area contributed by atoms with Gasteiger partial charge in [-0.3, -0.25) is 9.89 Å². The monoisotopic (exact) mass is 182 g/mol. The average molecular weight is 182 g/mol. The Hall–Kier alpha value is -1.69. The number of nitrogens with one attached hydrogen (secondary N) is 2. The van der Waals surface area contributed by atoms with E-state index in [4.69, 9.17) is 5.11 Å². The van der Waals surface area contributed by atoms with E-state index in [0.717, 1.165) is 5.69 Å². The zero-order valence-electron chi connectivity index (χ0n) is 7.11. The topological polar surface area (TPSA) is 90.4 Å². The van der Waals surface area contributed by atoms with Crippen LogP contribution in [0.4, 0.5) is 0 Å². The van der Waals surface area contributed by atoms with E-state index in [9.17, 15) is 4.79 Å². The predicted molar refractivity (Wildman–Crippen MR) is 46.0 cm³/mol. The SMILES string of the molecule is C/C(=N\NC(=O)CO)c1ccn[nH]1. The number of aliphatic hydroxyl groups is 1. The molecular formula is C7H10N4O2. The third kappa shape index (κ3) is 2.68. The van der Waals surface area contributed by atoms with Crippen molar-refractivity contribution in [2.24, 2.45) is 5.10 Å². The van der Waals surface area contributed by atoms with Gasteiger partial charge < -0.3 is 5.11 Å². The molecule has 0 saturated heterocycles. The fraction of sp³-hybridized carbons (Fsp3) is 0.286. The maximum atomic E-state index is 10.6. The molecule has 70 valence electrons. The van der Waals surface area contributed by atoms with Crippen molar-refractivity contribution in [2.45, 2.75) is 6.92 Å². The van der Waals surface area contributed by atoms with Crippen LogP contribution in [0.2, 0.25) is 0 Å². The molecule has 13 heavy (non-hydrogen) atoms. The van der Waals surface area contributed by atoms with Crippen molar-refractivity contribution in [2.75, 3.05) is 6.61 Å². The number of hydrazone groups is 1. The molecule has 0 atom stereocenters. The lowest BCUT2D eigenvalue weighted by atomic mass is 10.3. The van der Waals surface area contributed by atoms with E-state index >= 15 is 0 Å². The number of aromatic nitrogens is 2. The molecule has 6 nitrogen and oxygen atoms in total. The van der Waals surface area contributed by atoms with Crippen LogP contribution in [0.15, 0.2) is 17.4 Å². The van der Waals surface area contributed by atoms with Crippen molar-refractivity contribution in [1.82, 2.24) is 15.6 Å². The summed E-state index contributed by atoms with van der Waals surface area (Å²) in [7, 11) is 0. The van der Waals surface area contributed by atoms with Gasteiger partial charge in [0.1, 0.15) is 6.61 Å². The van der Waals surface area contributed by atoms with Crippen LogP contribution in [-0.2, 0) is 4.79 Å². The predicted octanol–water partition coefficient (Wildman–Crippen LogP) is -0.758. The third-order valence-electron chi connectivity index (χ3n) is 1.38. The van der Waals surface area contributed by atoms with E-state index in [1.165, 1.54) is 0 Å². The number of amides is 1. The van der Waals surface area contributed by atoms with Crippen LogP contribution in [0, 0.1) is 0 Å². The van der Waals surface area contributed by atoms with Gasteiger partial charge in [-0.2, -0.15) is 10.2 Å². The van der Waals surface area contributed by atoms with Gasteiger partial charge in [-0.15, -0.1) is 0 Å². The van der Waals surface area contributed by atoms with Crippen LogP contribution in [0.5, 0.6) is 0 Å². The fourth-order valence-electron chi connectivity index (χ4n) is 0.699. The molecule has 0 bridgehead atoms. The van der Waals surface area contributed by atoms with Crippen molar-refractivity contribution < 1.29 is 9.90 Å². The smallest absolute Gasteiger partial charge is 0.265 e. The molecule has 6 heteroatoms. The van der Waals surface area contributed by atoms with Crippen molar-refractivity contribution in [1.29, 1.82) is 0 Å². The maximum absolute atomic E-state index is 10.6. The number of rotatable bonds is 3. The Balaban J connectivity index is 2.57. The van der Waals surface area contributed by atoms with Crippen LogP contribution >= 0.6 is 0 Å². The van der Waals surface area contributed by atoms with E-state index in [0.29, 0.717) is 5.71 Å². The summed E-state index contributed by atoms with van der Waals surface area (Å²) in [5.74, 6) is -0.543. The number of carbonyl (C=O) groups is 1. The highest BCUT2D eigenvalue weighted by atomic mass is 16.3. The van der Waals surface area contributed by atoms with Gasteiger partial charge in [0.05, 0.1) is 11.4 Å². The normalized spacial score (nSPS) is 11.4. The molecule has 0 aliphatic heterocycles. The summed E-state index contributed by atoms with van der Waals surface area (Å²) in [6.07, 6.45) is 1.59. The van der Waals surface area contributed by atoms with Crippen molar-refractivity contribution in [3.8, 4) is 0 Å². The van der Waals surface area contributed by atoms with Gasteiger partial charge in [-0.1, -0.05) is 0 Å². The zero-order chi connectivity index (χ0) is 9.68. The number of hydrogen-bond acceptors (Lipinski definition) is 4. The second-order valence-electron chi connectivity index (χ2n) is 2.36. The van der Waals surface area contributed by atoms with E-state index in [1.807, 2.05) is 0 Å². The van der Waals surface area contributed by atoms with Gasteiger partial charge >= 0.3 is 0 Å². The quantitative estimate of drug-likeness (QED) is 0.424. The highest BCUT2D eigenvalue weighted by molar-refractivity contribution is 5.97. The minimum atomic E-state index is -0.570. The minimum absolute atomic E-state index is 0.543. The van der Waals surface area contributed by atoms with Gasteiger partial charge in [0, 0.05) is 6.20 Å². The molecule has 0 fully saturated rings. The molecule has 1 heterocycles. The van der Waals surface area contributed by atoms with Gasteiger partial charge in [-0.25, -0.2) is 5.43 Å². The zero-order valence-corrected chi connectivity index (χ0v) is 7.11. The second-order valence-corrected chi connectivity index (χ2v) is 2.36. The van der Waals surface area contributed by atoms with Crippen LogP contribution < -0.4 is 5.43 Å². The lowest BCUT2D eigenvalue weighted by Crippen LogP contribution is -2.22. The van der Waals surface area contributed by atoms with Crippen molar-refractivity contribution in [3.63, 3.8) is 0 Å². The number of hydrogen-bond donors (Lipinski definition) is 3. The van der Waals surface area contributed by atoms with Crippen LogP contribution in [0.3, 0.4) is 0 Å². The van der Waals surface area contributed by atoms with Gasteiger partial charge in [-0.05, 0) is 13.0 Å². The van der Waals surface area contributed by atoms with Gasteiger partial charge in [0.15, 0.2) is 0 Å². The maximum Gasteiger partial charge on any atom is 0.265 e. The number of carbonyl (C=O) groups excluding carboxylic acids is 1. The molecule has 0 aromatic carbocycles. The van der Waals surface area contributed by atoms with Gasteiger partial charge in [0.2, 0.25) is 0 Å². The first kappa shape index (κ1) is 9.40. The molecule has 0 saturated carbocycles. The lowest BCUT2D eigenvalue weighted by Gasteiger charge is -1.97. The molecule has 0 aliphatic carbocycles. The van der Waals surface area contributed by atoms with Crippen LogP contribution in [0.25, 0.3) is 0 Å². The Labute approximate surface area is 74.7 Å². The Morgan fingerprint density at radius 2 is 2.62 bits per heavy atom. The Kier molecular flexibility index (Phi) is 3.15. The summed E-state index contributed by atoms with van der Waals surface area (Å²) < 4.78 is 0.